The Bertz CT molecular complexity index is 1090. The molecule has 2 aromatic carbocycles. The molecule has 10 nitrogen and oxygen atoms in total. The number of hydrogen-bond acceptors (Lipinski definition) is 10. The minimum absolute atomic E-state index is 0.0543. The van der Waals surface area contributed by atoms with Crippen molar-refractivity contribution in [2.75, 3.05) is 20.8 Å². The number of Topliss-reactive ketones (excluding diaryl/α,β-unsaturated/α-hetero) is 1. The first-order valence-electron chi connectivity index (χ1n) is 12.3. The highest BCUT2D eigenvalue weighted by molar-refractivity contribution is 5.83. The smallest absolute Gasteiger partial charge is 0.229 e. The number of rotatable bonds is 9. The van der Waals surface area contributed by atoms with Gasteiger partial charge in [0.05, 0.1) is 20.8 Å². The maximum atomic E-state index is 12.7. The zero-order valence-corrected chi connectivity index (χ0v) is 20.8. The summed E-state index contributed by atoms with van der Waals surface area (Å²) < 4.78 is 21.9. The molecule has 10 heteroatoms. The van der Waals surface area contributed by atoms with Crippen LogP contribution in [0, 0.1) is 11.8 Å². The van der Waals surface area contributed by atoms with Crippen LogP contribution in [0.5, 0.6) is 23.0 Å². The van der Waals surface area contributed by atoms with E-state index in [4.69, 9.17) is 18.9 Å². The fourth-order valence-corrected chi connectivity index (χ4v) is 5.13. The van der Waals surface area contributed by atoms with Gasteiger partial charge in [-0.1, -0.05) is 12.1 Å². The van der Waals surface area contributed by atoms with Crippen LogP contribution >= 0.6 is 0 Å². The van der Waals surface area contributed by atoms with E-state index in [1.165, 1.54) is 14.2 Å². The van der Waals surface area contributed by atoms with Crippen LogP contribution in [0.4, 0.5) is 0 Å². The van der Waals surface area contributed by atoms with Crippen molar-refractivity contribution in [2.45, 2.75) is 56.4 Å². The minimum atomic E-state index is -1.55. The van der Waals surface area contributed by atoms with Gasteiger partial charge in [0.2, 0.25) is 6.29 Å². The summed E-state index contributed by atoms with van der Waals surface area (Å²) in [6, 6.07) is 10.4. The van der Waals surface area contributed by atoms with Crippen molar-refractivity contribution in [3.8, 4) is 23.0 Å². The number of benzene rings is 2. The number of ketones is 1. The molecule has 2 aliphatic rings. The zero-order chi connectivity index (χ0) is 26.7. The number of aliphatic hydroxyl groups is 4. The molecule has 0 aromatic heterocycles. The molecule has 37 heavy (non-hydrogen) atoms. The maximum absolute atomic E-state index is 12.7. The van der Waals surface area contributed by atoms with Crippen LogP contribution in [0.2, 0.25) is 0 Å². The van der Waals surface area contributed by atoms with E-state index in [0.29, 0.717) is 30.8 Å². The highest BCUT2D eigenvalue weighted by Crippen LogP contribution is 2.38. The van der Waals surface area contributed by atoms with Crippen LogP contribution in [0.3, 0.4) is 0 Å². The Hall–Kier alpha value is -2.89. The molecule has 2 fully saturated rings. The topological polar surface area (TPSA) is 155 Å². The molecular weight excluding hydrogens is 484 g/mol. The number of phenols is 1. The third kappa shape index (κ3) is 5.83. The van der Waals surface area contributed by atoms with Gasteiger partial charge in [-0.3, -0.25) is 4.79 Å². The summed E-state index contributed by atoms with van der Waals surface area (Å²) in [4.78, 5) is 12.7. The number of carbonyl (C=O) groups excluding carboxylic acids is 1. The maximum Gasteiger partial charge on any atom is 0.229 e. The van der Waals surface area contributed by atoms with Crippen molar-refractivity contribution in [2.24, 2.45) is 11.8 Å². The number of aromatic hydroxyl groups is 1. The van der Waals surface area contributed by atoms with E-state index in [1.807, 2.05) is 6.07 Å². The molecule has 7 atom stereocenters. The number of methoxy groups -OCH3 is 2. The summed E-state index contributed by atoms with van der Waals surface area (Å²) in [7, 11) is 2.96. The average molecular weight is 519 g/mol. The number of ether oxygens (including phenoxy) is 4. The molecular formula is C27H34O10. The molecule has 2 aromatic rings. The summed E-state index contributed by atoms with van der Waals surface area (Å²) in [6.45, 7) is -0.556. The molecule has 0 radical (unpaired) electrons. The van der Waals surface area contributed by atoms with Gasteiger partial charge in [-0.15, -0.1) is 0 Å². The fraction of sp³-hybridized carbons (Fsp3) is 0.519. The largest absolute Gasteiger partial charge is 0.504 e. The standard InChI is InChI=1S/C27H34O10/c1-34-21-11-15(3-6-19(21)30)10-17-16(5-7-18(17)29)9-14-4-8-20(22(12-14)35-2)36-27-26(33)25(32)24(31)23(13-28)37-27/h3-4,6,8,11-12,16-17,23-28,30-33H,5,7,9-10,13H2,1-2H3. The van der Waals surface area contributed by atoms with Crippen molar-refractivity contribution in [3.63, 3.8) is 0 Å². The molecule has 1 saturated carbocycles. The lowest BCUT2D eigenvalue weighted by molar-refractivity contribution is -0.277. The molecule has 1 aliphatic heterocycles. The molecule has 0 bridgehead atoms. The monoisotopic (exact) mass is 518 g/mol. The van der Waals surface area contributed by atoms with E-state index in [2.05, 4.69) is 0 Å². The van der Waals surface area contributed by atoms with Crippen LogP contribution < -0.4 is 14.2 Å². The lowest BCUT2D eigenvalue weighted by Crippen LogP contribution is -2.60. The zero-order valence-electron chi connectivity index (χ0n) is 20.8. The van der Waals surface area contributed by atoms with E-state index >= 15 is 0 Å². The van der Waals surface area contributed by atoms with E-state index in [9.17, 15) is 30.3 Å². The Kier molecular flexibility index (Phi) is 8.56. The first kappa shape index (κ1) is 27.2. The van der Waals surface area contributed by atoms with Gasteiger partial charge in [-0.2, -0.15) is 0 Å². The predicted octanol–water partition coefficient (Wildman–Crippen LogP) is 0.969. The normalized spacial score (nSPS) is 29.8. The van der Waals surface area contributed by atoms with E-state index in [-0.39, 0.29) is 29.1 Å². The van der Waals surface area contributed by atoms with Gasteiger partial charge in [-0.25, -0.2) is 0 Å². The quantitative estimate of drug-likeness (QED) is 0.324. The number of aliphatic hydroxyl groups excluding tert-OH is 4. The van der Waals surface area contributed by atoms with Gasteiger partial charge in [0.25, 0.3) is 0 Å². The first-order valence-corrected chi connectivity index (χ1v) is 12.3. The Labute approximate surface area is 215 Å². The lowest BCUT2D eigenvalue weighted by Gasteiger charge is -2.39. The van der Waals surface area contributed by atoms with Crippen LogP contribution in [-0.2, 0) is 22.4 Å². The molecule has 7 unspecified atom stereocenters. The van der Waals surface area contributed by atoms with E-state index in [0.717, 1.165) is 17.5 Å². The number of phenolic OH excluding ortho intramolecular Hbond substituents is 1. The van der Waals surface area contributed by atoms with Gasteiger partial charge in [0, 0.05) is 12.3 Å². The van der Waals surface area contributed by atoms with Gasteiger partial charge < -0.3 is 44.5 Å². The van der Waals surface area contributed by atoms with E-state index < -0.39 is 37.3 Å². The summed E-state index contributed by atoms with van der Waals surface area (Å²) in [5.74, 6) is 1.23. The number of hydrogen-bond donors (Lipinski definition) is 5. The van der Waals surface area contributed by atoms with Gasteiger partial charge in [0.1, 0.15) is 30.2 Å². The fourth-order valence-electron chi connectivity index (χ4n) is 5.13. The van der Waals surface area contributed by atoms with Crippen molar-refractivity contribution in [1.29, 1.82) is 0 Å². The minimum Gasteiger partial charge on any atom is -0.504 e. The van der Waals surface area contributed by atoms with Crippen LogP contribution in [0.25, 0.3) is 0 Å². The second kappa shape index (κ2) is 11.7. The molecule has 5 N–H and O–H groups in total. The summed E-state index contributed by atoms with van der Waals surface area (Å²) in [6.07, 6.45) is -4.50. The molecule has 0 amide bonds. The van der Waals surface area contributed by atoms with Crippen molar-refractivity contribution >= 4 is 5.78 Å². The third-order valence-corrected chi connectivity index (χ3v) is 7.26. The number of carbonyl (C=O) groups is 1. The van der Waals surface area contributed by atoms with Crippen molar-refractivity contribution < 1.29 is 49.3 Å². The van der Waals surface area contributed by atoms with Crippen molar-refractivity contribution in [3.05, 3.63) is 47.5 Å². The molecule has 4 rings (SSSR count). The second-order valence-electron chi connectivity index (χ2n) is 9.59. The Morgan fingerprint density at radius 1 is 0.892 bits per heavy atom. The van der Waals surface area contributed by atoms with Gasteiger partial charge >= 0.3 is 0 Å². The van der Waals surface area contributed by atoms with Crippen molar-refractivity contribution in [1.82, 2.24) is 0 Å². The van der Waals surface area contributed by atoms with Crippen LogP contribution in [0.1, 0.15) is 24.0 Å². The summed E-state index contributed by atoms with van der Waals surface area (Å²) in [5, 5.41) is 49.5. The lowest BCUT2D eigenvalue weighted by atomic mass is 9.85. The second-order valence-corrected chi connectivity index (χ2v) is 9.59. The molecule has 1 heterocycles. The van der Waals surface area contributed by atoms with Crippen LogP contribution in [0.15, 0.2) is 36.4 Å². The molecule has 0 spiro atoms. The predicted molar refractivity (Wildman–Crippen MR) is 131 cm³/mol. The van der Waals surface area contributed by atoms with Gasteiger partial charge in [-0.05, 0) is 60.6 Å². The SMILES string of the molecule is COc1cc(CC2C(=O)CCC2Cc2ccc(OC3OC(CO)C(O)C(O)C3O)c(OC)c2)ccc1O. The van der Waals surface area contributed by atoms with E-state index in [1.54, 1.807) is 30.3 Å². The average Bonchev–Trinajstić information content (AvgIpc) is 3.24. The molecule has 1 aliphatic carbocycles. The summed E-state index contributed by atoms with van der Waals surface area (Å²) >= 11 is 0. The Morgan fingerprint density at radius 2 is 1.57 bits per heavy atom. The Morgan fingerprint density at radius 3 is 2.27 bits per heavy atom. The molecule has 202 valence electrons. The third-order valence-electron chi connectivity index (χ3n) is 7.26. The first-order chi connectivity index (χ1) is 17.7. The highest BCUT2D eigenvalue weighted by Gasteiger charge is 2.45. The Balaban J connectivity index is 1.47. The van der Waals surface area contributed by atoms with Crippen LogP contribution in [-0.4, -0.2) is 82.8 Å². The van der Waals surface area contributed by atoms with Gasteiger partial charge in [0.15, 0.2) is 23.0 Å². The highest BCUT2D eigenvalue weighted by atomic mass is 16.7. The summed E-state index contributed by atoms with van der Waals surface area (Å²) in [5.41, 5.74) is 1.85. The molecule has 1 saturated heterocycles.